The molecular weight excluding hydrogens is 390 g/mol. The second-order valence-electron chi connectivity index (χ2n) is 8.62. The van der Waals surface area contributed by atoms with Crippen molar-refractivity contribution < 1.29 is 0 Å². The molecule has 0 amide bonds. The highest BCUT2D eigenvalue weighted by molar-refractivity contribution is 6.12. The number of fused-ring (bicyclic) bond motifs is 12. The van der Waals surface area contributed by atoms with E-state index in [4.69, 9.17) is 9.97 Å². The highest BCUT2D eigenvalue weighted by Gasteiger charge is 2.53. The molecule has 0 bridgehead atoms. The topological polar surface area (TPSA) is 30.7 Å². The van der Waals surface area contributed by atoms with E-state index in [0.717, 1.165) is 11.4 Å². The Kier molecular flexibility index (Phi) is 2.83. The second kappa shape index (κ2) is 5.51. The van der Waals surface area contributed by atoms with Gasteiger partial charge in [-0.1, -0.05) is 66.7 Å². The van der Waals surface area contributed by atoms with E-state index >= 15 is 0 Å². The first kappa shape index (κ1) is 16.5. The summed E-state index contributed by atoms with van der Waals surface area (Å²) in [5, 5.41) is 2.55. The Bertz CT molecular complexity index is 1700. The Labute approximate surface area is 184 Å². The van der Waals surface area contributed by atoms with Crippen LogP contribution in [0.5, 0.6) is 0 Å². The van der Waals surface area contributed by atoms with Gasteiger partial charge in [0.05, 0.1) is 28.1 Å². The molecule has 0 saturated carbocycles. The van der Waals surface area contributed by atoms with Gasteiger partial charge in [-0.15, -0.1) is 0 Å². The van der Waals surface area contributed by atoms with Crippen molar-refractivity contribution in [1.82, 2.24) is 14.5 Å². The Hall–Kier alpha value is -4.24. The fraction of sp³-hybridized carbons (Fsp3) is 0.0345. The summed E-state index contributed by atoms with van der Waals surface area (Å²) in [6.07, 6.45) is 3.83. The maximum Gasteiger partial charge on any atom is 0.110 e. The highest BCUT2D eigenvalue weighted by atomic mass is 15.0. The minimum absolute atomic E-state index is 0.534. The molecule has 3 heteroatoms. The van der Waals surface area contributed by atoms with Crippen LogP contribution >= 0.6 is 0 Å². The van der Waals surface area contributed by atoms with Crippen molar-refractivity contribution >= 4 is 21.8 Å². The third-order valence-corrected chi connectivity index (χ3v) is 7.26. The number of pyridine rings is 2. The lowest BCUT2D eigenvalue weighted by atomic mass is 9.68. The van der Waals surface area contributed by atoms with E-state index in [1.165, 1.54) is 49.7 Å². The maximum absolute atomic E-state index is 5.01. The number of aromatic nitrogens is 3. The zero-order valence-electron chi connectivity index (χ0n) is 17.2. The maximum atomic E-state index is 5.01. The molecule has 0 saturated heterocycles. The molecule has 3 aromatic carbocycles. The van der Waals surface area contributed by atoms with E-state index in [1.807, 2.05) is 24.5 Å². The number of hydrogen-bond donors (Lipinski definition) is 0. The van der Waals surface area contributed by atoms with Gasteiger partial charge in [-0.2, -0.15) is 0 Å². The van der Waals surface area contributed by atoms with Crippen LogP contribution in [0.1, 0.15) is 22.5 Å². The van der Waals surface area contributed by atoms with Gasteiger partial charge in [-0.3, -0.25) is 9.97 Å². The molecule has 1 spiro atoms. The van der Waals surface area contributed by atoms with Crippen LogP contribution in [-0.2, 0) is 5.41 Å². The molecule has 0 radical (unpaired) electrons. The van der Waals surface area contributed by atoms with Crippen molar-refractivity contribution in [1.29, 1.82) is 0 Å². The quantitative estimate of drug-likeness (QED) is 0.297. The largest absolute Gasteiger partial charge is 0.309 e. The molecule has 3 nitrogen and oxygen atoms in total. The number of hydrogen-bond acceptors (Lipinski definition) is 2. The van der Waals surface area contributed by atoms with Crippen LogP contribution in [0.2, 0.25) is 0 Å². The van der Waals surface area contributed by atoms with Gasteiger partial charge in [0.15, 0.2) is 0 Å². The number of rotatable bonds is 0. The molecule has 0 N–H and O–H groups in total. The third kappa shape index (κ3) is 1.65. The summed E-state index contributed by atoms with van der Waals surface area (Å²) in [4.78, 5) is 10.0. The molecule has 1 aliphatic carbocycles. The number of para-hydroxylation sites is 3. The Morgan fingerprint density at radius 3 is 2.03 bits per heavy atom. The molecule has 32 heavy (non-hydrogen) atoms. The Balaban J connectivity index is 1.71. The van der Waals surface area contributed by atoms with Crippen LogP contribution in [0.4, 0.5) is 0 Å². The highest BCUT2D eigenvalue weighted by Crippen LogP contribution is 2.59. The molecule has 2 aliphatic rings. The van der Waals surface area contributed by atoms with Crippen LogP contribution in [-0.4, -0.2) is 14.5 Å². The van der Waals surface area contributed by atoms with Gasteiger partial charge >= 0.3 is 0 Å². The van der Waals surface area contributed by atoms with Gasteiger partial charge < -0.3 is 4.57 Å². The van der Waals surface area contributed by atoms with Crippen LogP contribution < -0.4 is 0 Å². The standard InChI is InChI=1S/C29H17N3/c1-3-14-24-18(8-1)19-9-5-13-23-26(19)32(24)25-15-4-2-12-22(25)29(23)27-20(10-6-16-30-27)21-11-7-17-31-28(21)29/h1-17H. The Morgan fingerprint density at radius 1 is 0.562 bits per heavy atom. The minimum Gasteiger partial charge on any atom is -0.309 e. The van der Waals surface area contributed by atoms with Gasteiger partial charge in [-0.25, -0.2) is 0 Å². The molecule has 0 fully saturated rings. The average Bonchev–Trinajstić information content (AvgIpc) is 3.35. The third-order valence-electron chi connectivity index (χ3n) is 7.26. The van der Waals surface area contributed by atoms with E-state index in [-0.39, 0.29) is 0 Å². The SMILES string of the molecule is c1cnc2c(c1)-c1cccnc1C21c2ccccc2-n2c3ccccc3c3cccc1c32. The van der Waals surface area contributed by atoms with E-state index < -0.39 is 5.41 Å². The molecule has 0 unspecified atom stereocenters. The summed E-state index contributed by atoms with van der Waals surface area (Å²) in [5.74, 6) is 0. The van der Waals surface area contributed by atoms with E-state index in [2.05, 4.69) is 83.4 Å². The second-order valence-corrected chi connectivity index (χ2v) is 8.62. The van der Waals surface area contributed by atoms with Gasteiger partial charge in [0.25, 0.3) is 0 Å². The lowest BCUT2D eigenvalue weighted by molar-refractivity contribution is 0.698. The monoisotopic (exact) mass is 407 g/mol. The zero-order valence-corrected chi connectivity index (χ0v) is 17.2. The first-order chi connectivity index (χ1) is 15.9. The van der Waals surface area contributed by atoms with Crippen molar-refractivity contribution in [2.45, 2.75) is 5.41 Å². The molecule has 8 rings (SSSR count). The van der Waals surface area contributed by atoms with E-state index in [1.54, 1.807) is 0 Å². The van der Waals surface area contributed by atoms with Crippen LogP contribution in [0.15, 0.2) is 103 Å². The molecule has 148 valence electrons. The van der Waals surface area contributed by atoms with Crippen LogP contribution in [0, 0.1) is 0 Å². The fourth-order valence-electron chi connectivity index (χ4n) is 6.17. The number of nitrogens with zero attached hydrogens (tertiary/aromatic N) is 3. The molecule has 0 atom stereocenters. The molecule has 1 aliphatic heterocycles. The van der Waals surface area contributed by atoms with Crippen molar-refractivity contribution in [2.75, 3.05) is 0 Å². The fourth-order valence-corrected chi connectivity index (χ4v) is 6.17. The summed E-state index contributed by atoms with van der Waals surface area (Å²) < 4.78 is 2.43. The molecule has 3 aromatic heterocycles. The summed E-state index contributed by atoms with van der Waals surface area (Å²) in [6, 6.07) is 32.6. The summed E-state index contributed by atoms with van der Waals surface area (Å²) in [7, 11) is 0. The Morgan fingerprint density at radius 2 is 1.22 bits per heavy atom. The summed E-state index contributed by atoms with van der Waals surface area (Å²) in [6.45, 7) is 0. The number of benzene rings is 3. The smallest absolute Gasteiger partial charge is 0.110 e. The van der Waals surface area contributed by atoms with Crippen LogP contribution in [0.25, 0.3) is 38.6 Å². The van der Waals surface area contributed by atoms with E-state index in [0.29, 0.717) is 0 Å². The first-order valence-electron chi connectivity index (χ1n) is 10.9. The van der Waals surface area contributed by atoms with Crippen molar-refractivity contribution in [3.8, 4) is 16.8 Å². The van der Waals surface area contributed by atoms with Crippen molar-refractivity contribution in [2.24, 2.45) is 0 Å². The van der Waals surface area contributed by atoms with Gasteiger partial charge in [0.1, 0.15) is 5.41 Å². The van der Waals surface area contributed by atoms with Gasteiger partial charge in [0.2, 0.25) is 0 Å². The van der Waals surface area contributed by atoms with Gasteiger partial charge in [0, 0.05) is 34.3 Å². The lowest BCUT2D eigenvalue weighted by Crippen LogP contribution is -2.35. The lowest BCUT2D eigenvalue weighted by Gasteiger charge is -2.37. The zero-order chi connectivity index (χ0) is 20.9. The van der Waals surface area contributed by atoms with Crippen LogP contribution in [0.3, 0.4) is 0 Å². The van der Waals surface area contributed by atoms with E-state index in [9.17, 15) is 0 Å². The molecule has 4 heterocycles. The van der Waals surface area contributed by atoms with Crippen molar-refractivity contribution in [3.05, 3.63) is 126 Å². The predicted molar refractivity (Wildman–Crippen MR) is 127 cm³/mol. The summed E-state index contributed by atoms with van der Waals surface area (Å²) >= 11 is 0. The van der Waals surface area contributed by atoms with Crippen molar-refractivity contribution in [3.63, 3.8) is 0 Å². The molecular formula is C29H17N3. The molecule has 6 aromatic rings. The normalized spacial score (nSPS) is 14.5. The summed E-state index contributed by atoms with van der Waals surface area (Å²) in [5.41, 5.74) is 10.1. The first-order valence-corrected chi connectivity index (χ1v) is 10.9. The average molecular weight is 407 g/mol. The predicted octanol–water partition coefficient (Wildman–Crippen LogP) is 6.25. The van der Waals surface area contributed by atoms with Gasteiger partial charge in [-0.05, 0) is 35.4 Å². The minimum atomic E-state index is -0.534.